The fraction of sp³-hybridized carbons (Fsp3) is 0.136. The summed E-state index contributed by atoms with van der Waals surface area (Å²) in [6.45, 7) is 4.81. The first kappa shape index (κ1) is 18.5. The molecule has 0 fully saturated rings. The van der Waals surface area contributed by atoms with Gasteiger partial charge in [0, 0.05) is 36.1 Å². The molecule has 1 aliphatic rings. The molecule has 3 heterocycles. The maximum Gasteiger partial charge on any atom is 0.267 e. The maximum absolute atomic E-state index is 12.0. The molecular weight excluding hydrogens is 368 g/mol. The van der Waals surface area contributed by atoms with Crippen molar-refractivity contribution in [2.45, 2.75) is 6.54 Å². The highest BCUT2D eigenvalue weighted by atomic mass is 16.5. The molecule has 2 aromatic heterocycles. The summed E-state index contributed by atoms with van der Waals surface area (Å²) < 4.78 is 7.34. The molecule has 0 spiro atoms. The van der Waals surface area contributed by atoms with E-state index >= 15 is 0 Å². The standard InChI is InChI=1S/C22H20N4O3/c1-3-21(27)25-17-12-14(4-7-20(17)29-2)16-13-15(8-9-23-16)18-5-6-19-22(28)24-10-11-26(18)19/h3-9,12-13H,1,10-11H2,2H3,(H,24,28)(H,25,27). The molecule has 0 saturated carbocycles. The Morgan fingerprint density at radius 2 is 2.03 bits per heavy atom. The van der Waals surface area contributed by atoms with Crippen LogP contribution >= 0.6 is 0 Å². The van der Waals surface area contributed by atoms with Crippen LogP contribution < -0.4 is 15.4 Å². The molecule has 7 heteroatoms. The summed E-state index contributed by atoms with van der Waals surface area (Å²) in [5.41, 5.74) is 4.70. The van der Waals surface area contributed by atoms with Crippen molar-refractivity contribution in [3.05, 3.63) is 67.0 Å². The molecule has 1 aliphatic heterocycles. The molecule has 1 aromatic carbocycles. The Kier molecular flexibility index (Phi) is 4.87. The summed E-state index contributed by atoms with van der Waals surface area (Å²) in [6.07, 6.45) is 2.94. The van der Waals surface area contributed by atoms with Crippen LogP contribution in [0.15, 0.2) is 61.3 Å². The first-order chi connectivity index (χ1) is 14.1. The number of benzene rings is 1. The topological polar surface area (TPSA) is 85.3 Å². The summed E-state index contributed by atoms with van der Waals surface area (Å²) in [6, 6.07) is 13.1. The second-order valence-corrected chi connectivity index (χ2v) is 6.55. The highest BCUT2D eigenvalue weighted by molar-refractivity contribution is 6.00. The summed E-state index contributed by atoms with van der Waals surface area (Å²) in [7, 11) is 1.55. The zero-order chi connectivity index (χ0) is 20.4. The van der Waals surface area contributed by atoms with E-state index in [1.807, 2.05) is 41.0 Å². The van der Waals surface area contributed by atoms with Gasteiger partial charge in [0.15, 0.2) is 0 Å². The highest BCUT2D eigenvalue weighted by Gasteiger charge is 2.20. The van der Waals surface area contributed by atoms with E-state index in [0.29, 0.717) is 23.7 Å². The number of hydrogen-bond donors (Lipinski definition) is 2. The third-order valence-corrected chi connectivity index (χ3v) is 4.83. The van der Waals surface area contributed by atoms with Crippen LogP contribution in [0.4, 0.5) is 5.69 Å². The minimum Gasteiger partial charge on any atom is -0.495 e. The molecule has 0 aliphatic carbocycles. The number of carbonyl (C=O) groups is 2. The summed E-state index contributed by atoms with van der Waals surface area (Å²) in [5, 5.41) is 5.60. The smallest absolute Gasteiger partial charge is 0.267 e. The molecule has 4 rings (SSSR count). The number of aromatic nitrogens is 2. The third-order valence-electron chi connectivity index (χ3n) is 4.83. The highest BCUT2D eigenvalue weighted by Crippen LogP contribution is 2.32. The lowest BCUT2D eigenvalue weighted by molar-refractivity contribution is -0.111. The Balaban J connectivity index is 1.73. The molecule has 0 bridgehead atoms. The number of anilines is 1. The molecule has 146 valence electrons. The van der Waals surface area contributed by atoms with E-state index in [1.54, 1.807) is 19.4 Å². The lowest BCUT2D eigenvalue weighted by Crippen LogP contribution is -2.35. The van der Waals surface area contributed by atoms with Crippen LogP contribution in [-0.4, -0.2) is 35.0 Å². The zero-order valence-corrected chi connectivity index (χ0v) is 15.9. The Morgan fingerprint density at radius 1 is 1.21 bits per heavy atom. The monoisotopic (exact) mass is 388 g/mol. The van der Waals surface area contributed by atoms with E-state index in [0.717, 1.165) is 29.1 Å². The van der Waals surface area contributed by atoms with Crippen LogP contribution in [0.25, 0.3) is 22.5 Å². The van der Waals surface area contributed by atoms with Gasteiger partial charge in [0.1, 0.15) is 11.4 Å². The van der Waals surface area contributed by atoms with E-state index in [9.17, 15) is 9.59 Å². The number of methoxy groups -OCH3 is 1. The molecular formula is C22H20N4O3. The van der Waals surface area contributed by atoms with Gasteiger partial charge in [-0.15, -0.1) is 0 Å². The Morgan fingerprint density at radius 3 is 2.83 bits per heavy atom. The van der Waals surface area contributed by atoms with Gasteiger partial charge in [-0.2, -0.15) is 0 Å². The molecule has 2 N–H and O–H groups in total. The molecule has 3 aromatic rings. The van der Waals surface area contributed by atoms with Gasteiger partial charge in [0.25, 0.3) is 5.91 Å². The normalized spacial score (nSPS) is 12.7. The van der Waals surface area contributed by atoms with Crippen LogP contribution in [-0.2, 0) is 11.3 Å². The summed E-state index contributed by atoms with van der Waals surface area (Å²) in [4.78, 5) is 28.2. The molecule has 0 saturated heterocycles. The van der Waals surface area contributed by atoms with Crippen LogP contribution in [0.1, 0.15) is 10.5 Å². The number of carbonyl (C=O) groups excluding carboxylic acids is 2. The third kappa shape index (κ3) is 3.50. The molecule has 7 nitrogen and oxygen atoms in total. The average Bonchev–Trinajstić information content (AvgIpc) is 3.19. The van der Waals surface area contributed by atoms with Crippen LogP contribution in [0.3, 0.4) is 0 Å². The largest absolute Gasteiger partial charge is 0.495 e. The first-order valence-corrected chi connectivity index (χ1v) is 9.16. The zero-order valence-electron chi connectivity index (χ0n) is 15.9. The predicted octanol–water partition coefficient (Wildman–Crippen LogP) is 3.09. The SMILES string of the molecule is C=CC(=O)Nc1cc(-c2cc(-c3ccc4n3CCNC4=O)ccn2)ccc1OC. The molecule has 2 amide bonds. The van der Waals surface area contributed by atoms with Crippen molar-refractivity contribution in [2.75, 3.05) is 19.0 Å². The van der Waals surface area contributed by atoms with Gasteiger partial charge in [0.05, 0.1) is 18.5 Å². The minimum absolute atomic E-state index is 0.0606. The molecule has 0 atom stereocenters. The molecule has 29 heavy (non-hydrogen) atoms. The Bertz CT molecular complexity index is 1120. The van der Waals surface area contributed by atoms with E-state index in [-0.39, 0.29) is 11.8 Å². The van der Waals surface area contributed by atoms with Crippen molar-refractivity contribution >= 4 is 17.5 Å². The number of ether oxygens (including phenoxy) is 1. The van der Waals surface area contributed by atoms with Gasteiger partial charge >= 0.3 is 0 Å². The maximum atomic E-state index is 12.0. The number of amides is 2. The van der Waals surface area contributed by atoms with Crippen molar-refractivity contribution in [2.24, 2.45) is 0 Å². The van der Waals surface area contributed by atoms with Crippen molar-refractivity contribution in [1.82, 2.24) is 14.9 Å². The van der Waals surface area contributed by atoms with E-state index < -0.39 is 0 Å². The quantitative estimate of drug-likeness (QED) is 0.658. The van der Waals surface area contributed by atoms with Crippen molar-refractivity contribution < 1.29 is 14.3 Å². The number of pyridine rings is 1. The second kappa shape index (κ2) is 7.63. The van der Waals surface area contributed by atoms with Crippen LogP contribution in [0, 0.1) is 0 Å². The number of fused-ring (bicyclic) bond motifs is 1. The molecule has 0 unspecified atom stereocenters. The predicted molar refractivity (Wildman–Crippen MR) is 111 cm³/mol. The number of nitrogens with zero attached hydrogens (tertiary/aromatic N) is 2. The second-order valence-electron chi connectivity index (χ2n) is 6.55. The van der Waals surface area contributed by atoms with Crippen LogP contribution in [0.2, 0.25) is 0 Å². The van der Waals surface area contributed by atoms with Gasteiger partial charge in [0.2, 0.25) is 5.91 Å². The van der Waals surface area contributed by atoms with Gasteiger partial charge < -0.3 is 19.9 Å². The summed E-state index contributed by atoms with van der Waals surface area (Å²) in [5.74, 6) is 0.168. The fourth-order valence-corrected chi connectivity index (χ4v) is 3.43. The van der Waals surface area contributed by atoms with Gasteiger partial charge in [-0.3, -0.25) is 14.6 Å². The van der Waals surface area contributed by atoms with Gasteiger partial charge in [-0.25, -0.2) is 0 Å². The lowest BCUT2D eigenvalue weighted by atomic mass is 10.1. The Labute approximate surface area is 168 Å². The van der Waals surface area contributed by atoms with Crippen LogP contribution in [0.5, 0.6) is 5.75 Å². The van der Waals surface area contributed by atoms with E-state index in [1.165, 1.54) is 6.08 Å². The summed E-state index contributed by atoms with van der Waals surface area (Å²) >= 11 is 0. The number of nitrogens with one attached hydrogen (secondary N) is 2. The fourth-order valence-electron chi connectivity index (χ4n) is 3.43. The number of rotatable bonds is 5. The average molecular weight is 388 g/mol. The van der Waals surface area contributed by atoms with Gasteiger partial charge in [-0.1, -0.05) is 6.58 Å². The molecule has 0 radical (unpaired) electrons. The Hall–Kier alpha value is -3.87. The van der Waals surface area contributed by atoms with Gasteiger partial charge in [-0.05, 0) is 48.5 Å². The van der Waals surface area contributed by atoms with Crippen molar-refractivity contribution in [3.63, 3.8) is 0 Å². The minimum atomic E-state index is -0.319. The van der Waals surface area contributed by atoms with E-state index in [2.05, 4.69) is 22.2 Å². The van der Waals surface area contributed by atoms with Crippen molar-refractivity contribution in [3.8, 4) is 28.3 Å². The first-order valence-electron chi connectivity index (χ1n) is 9.16. The van der Waals surface area contributed by atoms with Crippen molar-refractivity contribution in [1.29, 1.82) is 0 Å². The lowest BCUT2D eigenvalue weighted by Gasteiger charge is -2.19. The number of hydrogen-bond acceptors (Lipinski definition) is 4. The van der Waals surface area contributed by atoms with E-state index in [4.69, 9.17) is 4.74 Å².